The van der Waals surface area contributed by atoms with Gasteiger partial charge in [-0.05, 0) is 64.6 Å². The van der Waals surface area contributed by atoms with Crippen molar-refractivity contribution in [3.8, 4) is 17.2 Å². The largest absolute Gasteiger partial charge is 0.507 e. The van der Waals surface area contributed by atoms with Crippen LogP contribution in [0.4, 0.5) is 9.52 Å². The van der Waals surface area contributed by atoms with Crippen LogP contribution in [0.5, 0.6) is 17.2 Å². The van der Waals surface area contributed by atoms with Crippen molar-refractivity contribution in [3.05, 3.63) is 107 Å². The molecule has 1 amide bonds. The highest BCUT2D eigenvalue weighted by atomic mass is 32.2. The van der Waals surface area contributed by atoms with Crippen LogP contribution in [0.2, 0.25) is 0 Å². The Balaban J connectivity index is 1.39. The van der Waals surface area contributed by atoms with Crippen molar-refractivity contribution in [2.75, 3.05) is 25.7 Å². The first kappa shape index (κ1) is 33.9. The maximum Gasteiger partial charge on any atom is 0.301 e. The summed E-state index contributed by atoms with van der Waals surface area (Å²) in [4.78, 5) is 28.7. The molecule has 1 fully saturated rings. The van der Waals surface area contributed by atoms with Crippen molar-refractivity contribution in [1.82, 2.24) is 10.2 Å². The van der Waals surface area contributed by atoms with E-state index < -0.39 is 29.3 Å². The summed E-state index contributed by atoms with van der Waals surface area (Å²) in [6, 6.07) is 22.0. The number of methoxy groups -OCH3 is 2. The van der Waals surface area contributed by atoms with Gasteiger partial charge in [0.05, 0.1) is 32.4 Å². The Hall–Kier alpha value is -4.94. The van der Waals surface area contributed by atoms with Gasteiger partial charge in [0.25, 0.3) is 5.78 Å². The molecule has 1 aromatic heterocycles. The first-order chi connectivity index (χ1) is 23.7. The lowest BCUT2D eigenvalue weighted by molar-refractivity contribution is -0.132. The van der Waals surface area contributed by atoms with Crippen LogP contribution in [0.15, 0.2) is 88.8 Å². The third kappa shape index (κ3) is 6.97. The number of anilines is 1. The first-order valence-electron chi connectivity index (χ1n) is 15.6. The van der Waals surface area contributed by atoms with Gasteiger partial charge < -0.3 is 19.3 Å². The molecule has 4 aromatic carbocycles. The fraction of sp³-hybridized carbons (Fsp3) is 0.243. The number of carbonyl (C=O) groups excluding carboxylic acids is 2. The maximum atomic E-state index is 14.7. The van der Waals surface area contributed by atoms with E-state index in [0.29, 0.717) is 39.7 Å². The predicted molar refractivity (Wildman–Crippen MR) is 189 cm³/mol. The highest BCUT2D eigenvalue weighted by Crippen LogP contribution is 2.46. The summed E-state index contributed by atoms with van der Waals surface area (Å²) in [5, 5.41) is 22.6. The standard InChI is InChI=1S/C37H34FN3O6S2/c1-21(2)16-17-47-29-15-12-23(19-30(29)46-4)32-31(33(42)24-13-14-28(45-3)27(38)18-24)34(43)35(44)41(32)36-39-40-37(49-36)48-20-25-10-7-9-22-8-5-6-11-26(22)25/h5-15,18-19,21,32,42H,16-17,20H2,1-4H3/b33-31-. The molecule has 252 valence electrons. The molecule has 5 aromatic rings. The van der Waals surface area contributed by atoms with E-state index in [1.165, 1.54) is 43.0 Å². The summed E-state index contributed by atoms with van der Waals surface area (Å²) in [6.07, 6.45) is 0.835. The Kier molecular flexibility index (Phi) is 10.2. The van der Waals surface area contributed by atoms with Crippen LogP contribution in [-0.4, -0.2) is 47.8 Å². The van der Waals surface area contributed by atoms with Crippen molar-refractivity contribution < 1.29 is 33.3 Å². The summed E-state index contributed by atoms with van der Waals surface area (Å²) in [5.74, 6) is -1.25. The van der Waals surface area contributed by atoms with E-state index in [1.807, 2.05) is 18.2 Å². The minimum atomic E-state index is -1.13. The predicted octanol–water partition coefficient (Wildman–Crippen LogP) is 8.19. The molecule has 0 radical (unpaired) electrons. The molecule has 0 spiro atoms. The third-order valence-electron chi connectivity index (χ3n) is 8.16. The number of amides is 1. The monoisotopic (exact) mass is 699 g/mol. The molecular formula is C37H34FN3O6S2. The van der Waals surface area contributed by atoms with Gasteiger partial charge in [-0.15, -0.1) is 10.2 Å². The van der Waals surface area contributed by atoms with Crippen molar-refractivity contribution in [1.29, 1.82) is 0 Å². The van der Waals surface area contributed by atoms with Crippen LogP contribution in [-0.2, 0) is 15.3 Å². The van der Waals surface area contributed by atoms with Gasteiger partial charge in [-0.25, -0.2) is 4.39 Å². The van der Waals surface area contributed by atoms with Crippen molar-refractivity contribution in [2.24, 2.45) is 5.92 Å². The quantitative estimate of drug-likeness (QED) is 0.0453. The number of nitrogens with zero attached hydrogens (tertiary/aromatic N) is 3. The molecule has 1 aliphatic rings. The number of hydrogen-bond acceptors (Lipinski definition) is 10. The van der Waals surface area contributed by atoms with Crippen molar-refractivity contribution in [3.63, 3.8) is 0 Å². The zero-order valence-corrected chi connectivity index (χ0v) is 28.9. The smallest absolute Gasteiger partial charge is 0.301 e. The molecular weight excluding hydrogens is 666 g/mol. The Morgan fingerprint density at radius 1 is 0.959 bits per heavy atom. The van der Waals surface area contributed by atoms with E-state index in [1.54, 1.807) is 18.2 Å². The number of fused-ring (bicyclic) bond motifs is 1. The number of thioether (sulfide) groups is 1. The summed E-state index contributed by atoms with van der Waals surface area (Å²) < 4.78 is 32.0. The summed E-state index contributed by atoms with van der Waals surface area (Å²) in [7, 11) is 2.82. The molecule has 1 saturated heterocycles. The van der Waals surface area contributed by atoms with E-state index in [-0.39, 0.29) is 22.0 Å². The van der Waals surface area contributed by atoms with Crippen molar-refractivity contribution >= 4 is 56.5 Å². The molecule has 0 aliphatic carbocycles. The molecule has 6 rings (SSSR count). The van der Waals surface area contributed by atoms with Gasteiger partial charge in [0.2, 0.25) is 5.13 Å². The highest BCUT2D eigenvalue weighted by Gasteiger charge is 2.48. The number of rotatable bonds is 12. The minimum absolute atomic E-state index is 0.00509. The van der Waals surface area contributed by atoms with Crippen LogP contribution in [0, 0.1) is 11.7 Å². The van der Waals surface area contributed by atoms with Gasteiger partial charge in [-0.2, -0.15) is 0 Å². The van der Waals surface area contributed by atoms with Crippen LogP contribution in [0.1, 0.15) is 43.0 Å². The molecule has 1 aliphatic heterocycles. The molecule has 1 atom stereocenters. The molecule has 0 saturated carbocycles. The number of ether oxygens (including phenoxy) is 3. The van der Waals surface area contributed by atoms with Crippen LogP contribution in [0.25, 0.3) is 16.5 Å². The normalized spacial score (nSPS) is 15.7. The molecule has 2 heterocycles. The number of aliphatic hydroxyl groups is 1. The SMILES string of the molecule is COc1ccc(/C(O)=C2/C(=O)C(=O)N(c3nnc(SCc4cccc5ccccc45)s3)C2c2ccc(OCCC(C)C)c(OC)c2)cc1F. The second-order valence-electron chi connectivity index (χ2n) is 11.7. The van der Waals surface area contributed by atoms with Gasteiger partial charge in [0, 0.05) is 11.3 Å². The summed E-state index contributed by atoms with van der Waals surface area (Å²) >= 11 is 2.62. The van der Waals surface area contributed by atoms with E-state index in [9.17, 15) is 19.1 Å². The minimum Gasteiger partial charge on any atom is -0.507 e. The lowest BCUT2D eigenvalue weighted by Crippen LogP contribution is -2.29. The van der Waals surface area contributed by atoms with Crippen LogP contribution < -0.4 is 19.1 Å². The number of benzene rings is 4. The number of Topliss-reactive ketones (excluding diaryl/α,β-unsaturated/α-hetero) is 1. The molecule has 0 bridgehead atoms. The highest BCUT2D eigenvalue weighted by molar-refractivity contribution is 8.00. The second-order valence-corrected chi connectivity index (χ2v) is 13.9. The number of aliphatic hydroxyl groups excluding tert-OH is 1. The Bertz CT molecular complexity index is 2060. The van der Waals surface area contributed by atoms with Crippen molar-refractivity contribution in [2.45, 2.75) is 36.4 Å². The van der Waals surface area contributed by atoms with E-state index >= 15 is 0 Å². The van der Waals surface area contributed by atoms with Gasteiger partial charge >= 0.3 is 5.91 Å². The zero-order valence-electron chi connectivity index (χ0n) is 27.3. The van der Waals surface area contributed by atoms with Crippen LogP contribution in [0.3, 0.4) is 0 Å². The fourth-order valence-corrected chi connectivity index (χ4v) is 7.48. The van der Waals surface area contributed by atoms with Crippen LogP contribution >= 0.6 is 23.1 Å². The average molecular weight is 700 g/mol. The Labute approximate surface area is 291 Å². The molecule has 49 heavy (non-hydrogen) atoms. The average Bonchev–Trinajstić information content (AvgIpc) is 3.68. The molecule has 12 heteroatoms. The Morgan fingerprint density at radius 3 is 2.47 bits per heavy atom. The molecule has 1 N–H and O–H groups in total. The molecule has 9 nitrogen and oxygen atoms in total. The molecule has 1 unspecified atom stereocenters. The third-order valence-corrected chi connectivity index (χ3v) is 10.3. The summed E-state index contributed by atoms with van der Waals surface area (Å²) in [5.41, 5.74) is 1.34. The number of hydrogen-bond donors (Lipinski definition) is 1. The lowest BCUT2D eigenvalue weighted by atomic mass is 9.95. The van der Waals surface area contributed by atoms with Gasteiger partial charge in [0.15, 0.2) is 27.4 Å². The first-order valence-corrected chi connectivity index (χ1v) is 17.4. The van der Waals surface area contributed by atoms with E-state index in [2.05, 4.69) is 48.3 Å². The number of aromatic nitrogens is 2. The lowest BCUT2D eigenvalue weighted by Gasteiger charge is -2.23. The van der Waals surface area contributed by atoms with Gasteiger partial charge in [-0.3, -0.25) is 14.5 Å². The summed E-state index contributed by atoms with van der Waals surface area (Å²) in [6.45, 7) is 4.67. The number of ketones is 1. The Morgan fingerprint density at radius 2 is 1.71 bits per heavy atom. The maximum absolute atomic E-state index is 14.7. The van der Waals surface area contributed by atoms with Gasteiger partial charge in [0.1, 0.15) is 5.76 Å². The van der Waals surface area contributed by atoms with E-state index in [0.717, 1.165) is 40.2 Å². The van der Waals surface area contributed by atoms with Gasteiger partial charge in [-0.1, -0.05) is 85.5 Å². The number of carbonyl (C=O) groups is 2. The number of halogens is 1. The zero-order chi connectivity index (χ0) is 34.7. The second kappa shape index (κ2) is 14.7. The topological polar surface area (TPSA) is 111 Å². The fourth-order valence-electron chi connectivity index (χ4n) is 5.61. The van der Waals surface area contributed by atoms with E-state index in [4.69, 9.17) is 14.2 Å².